The fraction of sp³-hybridized carbons (Fsp3) is 0.194. The largest absolute Gasteiger partial charge is 0.507 e. The predicted molar refractivity (Wildman–Crippen MR) is 137 cm³/mol. The zero-order chi connectivity index (χ0) is 24.1. The summed E-state index contributed by atoms with van der Waals surface area (Å²) in [5, 5.41) is 20.8. The Hall–Kier alpha value is -3.85. The highest BCUT2D eigenvalue weighted by Crippen LogP contribution is 2.38. The summed E-state index contributed by atoms with van der Waals surface area (Å²) in [6, 6.07) is 32.2. The van der Waals surface area contributed by atoms with Crippen molar-refractivity contribution < 1.29 is 15.0 Å². The van der Waals surface area contributed by atoms with Gasteiger partial charge in [0.2, 0.25) is 0 Å². The van der Waals surface area contributed by atoms with Crippen molar-refractivity contribution in [3.63, 3.8) is 0 Å². The summed E-state index contributed by atoms with van der Waals surface area (Å²) in [6.45, 7) is 4.24. The van der Waals surface area contributed by atoms with Gasteiger partial charge in [-0.2, -0.15) is 0 Å². The first kappa shape index (κ1) is 23.3. The number of carboxylic acid groups (broad SMARTS) is 1. The van der Waals surface area contributed by atoms with Crippen LogP contribution < -0.4 is 0 Å². The van der Waals surface area contributed by atoms with Gasteiger partial charge in [0.25, 0.3) is 0 Å². The molecule has 34 heavy (non-hydrogen) atoms. The van der Waals surface area contributed by atoms with Gasteiger partial charge in [0.15, 0.2) is 0 Å². The van der Waals surface area contributed by atoms with E-state index in [1.807, 2.05) is 73.7 Å². The van der Waals surface area contributed by atoms with E-state index in [-0.39, 0.29) is 23.1 Å². The maximum absolute atomic E-state index is 12.1. The number of carbonyl (C=O) groups is 1. The lowest BCUT2D eigenvalue weighted by Crippen LogP contribution is -2.10. The third-order valence-corrected chi connectivity index (χ3v) is 6.65. The first-order valence-corrected chi connectivity index (χ1v) is 11.7. The van der Waals surface area contributed by atoms with Gasteiger partial charge in [-0.1, -0.05) is 97.9 Å². The van der Waals surface area contributed by atoms with Crippen LogP contribution in [-0.4, -0.2) is 16.2 Å². The van der Waals surface area contributed by atoms with E-state index in [4.69, 9.17) is 0 Å². The standard InChI is InChI=1S/C31H30O3/c1-21-11-9-10-16-25(21)18-27-19-26(20-29(30(27)32)31(33)34)28(24-14-7-4-8-15-24)17-22(2)23-12-5-3-6-13-23/h3-16,19-20,22,28,32H,17-18H2,1-2H3,(H,33,34). The second kappa shape index (κ2) is 10.4. The quantitative estimate of drug-likeness (QED) is 0.296. The van der Waals surface area contributed by atoms with E-state index in [9.17, 15) is 15.0 Å². The summed E-state index contributed by atoms with van der Waals surface area (Å²) >= 11 is 0. The highest BCUT2D eigenvalue weighted by atomic mass is 16.4. The molecule has 2 unspecified atom stereocenters. The molecule has 0 amide bonds. The van der Waals surface area contributed by atoms with Crippen LogP contribution in [0.5, 0.6) is 5.75 Å². The molecule has 0 saturated heterocycles. The van der Waals surface area contributed by atoms with Gasteiger partial charge in [0, 0.05) is 12.3 Å². The normalized spacial score (nSPS) is 12.8. The summed E-state index contributed by atoms with van der Waals surface area (Å²) < 4.78 is 0. The van der Waals surface area contributed by atoms with Gasteiger partial charge in [-0.05, 0) is 58.7 Å². The minimum absolute atomic E-state index is 0.00859. The fourth-order valence-electron chi connectivity index (χ4n) is 4.65. The average Bonchev–Trinajstić information content (AvgIpc) is 2.86. The summed E-state index contributed by atoms with van der Waals surface area (Å²) in [7, 11) is 0. The first-order chi connectivity index (χ1) is 16.4. The Morgan fingerprint density at radius 2 is 1.35 bits per heavy atom. The van der Waals surface area contributed by atoms with Crippen LogP contribution in [0.4, 0.5) is 0 Å². The van der Waals surface area contributed by atoms with Crippen LogP contribution >= 0.6 is 0 Å². The topological polar surface area (TPSA) is 57.5 Å². The van der Waals surface area contributed by atoms with Crippen molar-refractivity contribution in [1.82, 2.24) is 0 Å². The van der Waals surface area contributed by atoms with Crippen molar-refractivity contribution in [2.45, 2.75) is 38.5 Å². The lowest BCUT2D eigenvalue weighted by atomic mass is 9.80. The summed E-state index contributed by atoms with van der Waals surface area (Å²) in [5.74, 6) is -1.00. The van der Waals surface area contributed by atoms with Crippen LogP contribution in [-0.2, 0) is 6.42 Å². The number of rotatable bonds is 8. The van der Waals surface area contributed by atoms with Gasteiger partial charge in [0.1, 0.15) is 11.3 Å². The minimum atomic E-state index is -1.12. The minimum Gasteiger partial charge on any atom is -0.507 e. The van der Waals surface area contributed by atoms with E-state index in [0.717, 1.165) is 28.7 Å². The molecule has 0 fully saturated rings. The average molecular weight is 451 g/mol. The van der Waals surface area contributed by atoms with E-state index >= 15 is 0 Å². The summed E-state index contributed by atoms with van der Waals surface area (Å²) in [4.78, 5) is 12.1. The zero-order valence-corrected chi connectivity index (χ0v) is 19.6. The summed E-state index contributed by atoms with van der Waals surface area (Å²) in [6.07, 6.45) is 1.30. The molecule has 4 aromatic rings. The molecule has 2 atom stereocenters. The Kier molecular flexibility index (Phi) is 7.12. The number of benzene rings is 4. The Labute approximate surface area is 201 Å². The molecular formula is C31H30O3. The maximum Gasteiger partial charge on any atom is 0.339 e. The van der Waals surface area contributed by atoms with Crippen LogP contribution in [0.3, 0.4) is 0 Å². The van der Waals surface area contributed by atoms with E-state index < -0.39 is 5.97 Å². The molecule has 172 valence electrons. The lowest BCUT2D eigenvalue weighted by molar-refractivity contribution is 0.0693. The van der Waals surface area contributed by atoms with Crippen LogP contribution in [0, 0.1) is 6.92 Å². The Morgan fingerprint density at radius 1 is 0.765 bits per heavy atom. The Morgan fingerprint density at radius 3 is 1.97 bits per heavy atom. The van der Waals surface area contributed by atoms with Gasteiger partial charge in [-0.3, -0.25) is 0 Å². The maximum atomic E-state index is 12.1. The van der Waals surface area contributed by atoms with E-state index in [1.54, 1.807) is 6.07 Å². The van der Waals surface area contributed by atoms with Crippen molar-refractivity contribution in [1.29, 1.82) is 0 Å². The third kappa shape index (κ3) is 5.20. The molecule has 0 heterocycles. The van der Waals surface area contributed by atoms with Crippen LogP contribution in [0.2, 0.25) is 0 Å². The molecule has 0 aliphatic heterocycles. The van der Waals surface area contributed by atoms with Crippen molar-refractivity contribution in [3.05, 3.63) is 136 Å². The van der Waals surface area contributed by atoms with Crippen LogP contribution in [0.1, 0.15) is 68.9 Å². The zero-order valence-electron chi connectivity index (χ0n) is 19.6. The van der Waals surface area contributed by atoms with Gasteiger partial charge in [-0.15, -0.1) is 0 Å². The molecule has 3 heteroatoms. The number of hydrogen-bond acceptors (Lipinski definition) is 2. The molecular weight excluding hydrogens is 420 g/mol. The molecule has 3 nitrogen and oxygen atoms in total. The first-order valence-electron chi connectivity index (χ1n) is 11.7. The highest BCUT2D eigenvalue weighted by Gasteiger charge is 2.23. The molecule has 0 saturated carbocycles. The van der Waals surface area contributed by atoms with Gasteiger partial charge in [-0.25, -0.2) is 4.79 Å². The molecule has 0 aliphatic rings. The van der Waals surface area contributed by atoms with Gasteiger partial charge in [0.05, 0.1) is 0 Å². The van der Waals surface area contributed by atoms with Crippen molar-refractivity contribution in [3.8, 4) is 5.75 Å². The molecule has 0 aliphatic carbocycles. The predicted octanol–water partition coefficient (Wildman–Crippen LogP) is 7.32. The Balaban J connectivity index is 1.80. The van der Waals surface area contributed by atoms with Gasteiger partial charge < -0.3 is 10.2 Å². The smallest absolute Gasteiger partial charge is 0.339 e. The number of carboxylic acids is 1. The molecule has 4 aromatic carbocycles. The number of aromatic carboxylic acids is 1. The lowest BCUT2D eigenvalue weighted by Gasteiger charge is -2.24. The van der Waals surface area contributed by atoms with E-state index in [0.29, 0.717) is 12.0 Å². The second-order valence-electron chi connectivity index (χ2n) is 9.00. The number of hydrogen-bond donors (Lipinski definition) is 2. The highest BCUT2D eigenvalue weighted by molar-refractivity contribution is 5.91. The van der Waals surface area contributed by atoms with E-state index in [2.05, 4.69) is 31.2 Å². The SMILES string of the molecule is Cc1ccccc1Cc1cc(C(CC(C)c2ccccc2)c2ccccc2)cc(C(=O)O)c1O. The third-order valence-electron chi connectivity index (χ3n) is 6.65. The van der Waals surface area contributed by atoms with Crippen LogP contribution in [0.15, 0.2) is 97.1 Å². The van der Waals surface area contributed by atoms with Gasteiger partial charge >= 0.3 is 5.97 Å². The molecule has 0 spiro atoms. The molecule has 4 rings (SSSR count). The fourth-order valence-corrected chi connectivity index (χ4v) is 4.65. The molecule has 0 bridgehead atoms. The second-order valence-corrected chi connectivity index (χ2v) is 9.00. The van der Waals surface area contributed by atoms with Crippen molar-refractivity contribution in [2.75, 3.05) is 0 Å². The number of aromatic hydroxyl groups is 1. The monoisotopic (exact) mass is 450 g/mol. The Bertz CT molecular complexity index is 1260. The van der Waals surface area contributed by atoms with Crippen molar-refractivity contribution in [2.24, 2.45) is 0 Å². The van der Waals surface area contributed by atoms with E-state index in [1.165, 1.54) is 5.56 Å². The summed E-state index contributed by atoms with van der Waals surface area (Å²) in [5.41, 5.74) is 6.07. The number of aryl methyl sites for hydroxylation is 1. The molecule has 0 radical (unpaired) electrons. The van der Waals surface area contributed by atoms with Crippen LogP contribution in [0.25, 0.3) is 0 Å². The van der Waals surface area contributed by atoms with Crippen molar-refractivity contribution >= 4 is 5.97 Å². The number of phenols is 1. The molecule has 2 N–H and O–H groups in total. The molecule has 0 aromatic heterocycles.